The lowest BCUT2D eigenvalue weighted by Gasteiger charge is -2.22. The summed E-state index contributed by atoms with van der Waals surface area (Å²) in [5.41, 5.74) is 1.32. The molecule has 0 aromatic heterocycles. The Labute approximate surface area is 184 Å². The first kappa shape index (κ1) is 22.8. The Morgan fingerprint density at radius 2 is 1.90 bits per heavy atom. The fraction of sp³-hybridized carbons (Fsp3) is 0.348. The number of sulfonamides is 1. The second kappa shape index (κ2) is 10.5. The van der Waals surface area contributed by atoms with Crippen molar-refractivity contribution in [3.63, 3.8) is 0 Å². The van der Waals surface area contributed by atoms with Crippen LogP contribution in [0.4, 0.5) is 11.4 Å². The van der Waals surface area contributed by atoms with E-state index in [0.717, 1.165) is 18.5 Å². The monoisotopic (exact) mass is 443 g/mol. The van der Waals surface area contributed by atoms with Gasteiger partial charge in [0.1, 0.15) is 10.6 Å². The number of hydrogen-bond donors (Lipinski definition) is 1. The van der Waals surface area contributed by atoms with Crippen molar-refractivity contribution in [3.8, 4) is 5.75 Å². The minimum absolute atomic E-state index is 0.0138. The molecule has 2 aromatic rings. The molecule has 1 amide bonds. The third kappa shape index (κ3) is 5.45. The fourth-order valence-electron chi connectivity index (χ4n) is 3.52. The van der Waals surface area contributed by atoms with Crippen molar-refractivity contribution >= 4 is 27.3 Å². The van der Waals surface area contributed by atoms with Gasteiger partial charge in [-0.1, -0.05) is 24.3 Å². The lowest BCUT2D eigenvalue weighted by Crippen LogP contribution is -2.35. The van der Waals surface area contributed by atoms with Gasteiger partial charge in [0.05, 0.1) is 13.2 Å². The molecule has 0 unspecified atom stereocenters. The Hall–Kier alpha value is -2.84. The summed E-state index contributed by atoms with van der Waals surface area (Å²) in [6.07, 6.45) is 3.38. The molecule has 1 fully saturated rings. The summed E-state index contributed by atoms with van der Waals surface area (Å²) < 4.78 is 33.3. The third-order valence-corrected chi connectivity index (χ3v) is 6.97. The first-order chi connectivity index (χ1) is 15.0. The van der Waals surface area contributed by atoms with Crippen molar-refractivity contribution in [1.82, 2.24) is 4.31 Å². The first-order valence-corrected chi connectivity index (χ1v) is 11.9. The molecule has 0 saturated carbocycles. The van der Waals surface area contributed by atoms with E-state index in [1.807, 2.05) is 37.3 Å². The molecular formula is C23H29N3O4S. The Morgan fingerprint density at radius 1 is 1.19 bits per heavy atom. The van der Waals surface area contributed by atoms with Crippen LogP contribution in [-0.2, 0) is 14.8 Å². The number of nitrogens with one attached hydrogen (secondary N) is 1. The fourth-order valence-corrected chi connectivity index (χ4v) is 5.20. The number of carbonyl (C=O) groups excluding carboxylic acids is 1. The van der Waals surface area contributed by atoms with E-state index in [2.05, 4.69) is 11.9 Å². The predicted octanol–water partition coefficient (Wildman–Crippen LogP) is 3.50. The Kier molecular flexibility index (Phi) is 7.70. The highest BCUT2D eigenvalue weighted by Crippen LogP contribution is 2.31. The zero-order valence-electron chi connectivity index (χ0n) is 17.8. The van der Waals surface area contributed by atoms with E-state index in [4.69, 9.17) is 4.74 Å². The number of ether oxygens (including phenoxy) is 1. The quantitative estimate of drug-likeness (QED) is 0.569. The van der Waals surface area contributed by atoms with Gasteiger partial charge in [0, 0.05) is 31.0 Å². The molecule has 3 rings (SSSR count). The highest BCUT2D eigenvalue weighted by molar-refractivity contribution is 7.89. The molecule has 0 radical (unpaired) electrons. The van der Waals surface area contributed by atoms with Gasteiger partial charge in [-0.3, -0.25) is 4.79 Å². The molecule has 166 valence electrons. The average molecular weight is 444 g/mol. The first-order valence-electron chi connectivity index (χ1n) is 10.4. The number of rotatable bonds is 10. The molecule has 31 heavy (non-hydrogen) atoms. The lowest BCUT2D eigenvalue weighted by atomic mass is 10.2. The van der Waals surface area contributed by atoms with Gasteiger partial charge < -0.3 is 15.0 Å². The van der Waals surface area contributed by atoms with Gasteiger partial charge in [0.15, 0.2) is 0 Å². The third-order valence-electron chi connectivity index (χ3n) is 5.05. The van der Waals surface area contributed by atoms with Crippen LogP contribution in [0, 0.1) is 0 Å². The minimum Gasteiger partial charge on any atom is -0.492 e. The molecule has 0 bridgehead atoms. The van der Waals surface area contributed by atoms with E-state index in [9.17, 15) is 13.2 Å². The van der Waals surface area contributed by atoms with Crippen molar-refractivity contribution in [2.45, 2.75) is 24.7 Å². The number of hydrogen-bond acceptors (Lipinski definition) is 5. The molecule has 2 aromatic carbocycles. The topological polar surface area (TPSA) is 79.0 Å². The summed E-state index contributed by atoms with van der Waals surface area (Å²) in [5, 5.41) is 3.06. The number of benzene rings is 2. The van der Waals surface area contributed by atoms with Crippen LogP contribution in [0.5, 0.6) is 5.75 Å². The molecular weight excluding hydrogens is 414 g/mol. The Balaban J connectivity index is 1.80. The van der Waals surface area contributed by atoms with Gasteiger partial charge in [-0.2, -0.15) is 4.31 Å². The van der Waals surface area contributed by atoms with Gasteiger partial charge in [-0.05, 0) is 50.1 Å². The zero-order chi connectivity index (χ0) is 22.3. The van der Waals surface area contributed by atoms with Crippen LogP contribution in [0.2, 0.25) is 0 Å². The number of carbonyl (C=O) groups is 1. The largest absolute Gasteiger partial charge is 0.492 e. The van der Waals surface area contributed by atoms with Crippen molar-refractivity contribution in [2.75, 3.05) is 43.0 Å². The van der Waals surface area contributed by atoms with E-state index >= 15 is 0 Å². The molecule has 1 saturated heterocycles. The van der Waals surface area contributed by atoms with Gasteiger partial charge in [-0.25, -0.2) is 8.42 Å². The molecule has 1 aliphatic rings. The van der Waals surface area contributed by atoms with E-state index in [-0.39, 0.29) is 17.3 Å². The molecule has 1 aliphatic heterocycles. The van der Waals surface area contributed by atoms with Crippen LogP contribution in [-0.4, -0.2) is 51.4 Å². The number of nitrogens with zero attached hydrogens (tertiary/aromatic N) is 2. The smallest absolute Gasteiger partial charge is 0.246 e. The van der Waals surface area contributed by atoms with Crippen LogP contribution in [0.3, 0.4) is 0 Å². The second-order valence-electron chi connectivity index (χ2n) is 7.19. The summed E-state index contributed by atoms with van der Waals surface area (Å²) in [6, 6.07) is 14.3. The van der Waals surface area contributed by atoms with Gasteiger partial charge in [0.2, 0.25) is 15.9 Å². The van der Waals surface area contributed by atoms with Crippen LogP contribution in [0.25, 0.3) is 0 Å². The van der Waals surface area contributed by atoms with Crippen molar-refractivity contribution < 1.29 is 17.9 Å². The second-order valence-corrected chi connectivity index (χ2v) is 9.09. The van der Waals surface area contributed by atoms with Crippen LogP contribution < -0.4 is 15.0 Å². The van der Waals surface area contributed by atoms with Crippen LogP contribution in [0.1, 0.15) is 19.8 Å². The SMILES string of the molecule is C=CCN(C(=O)CNc1ccc(OCC)c(S(=O)(=O)N2CCCC2)c1)c1ccccc1. The van der Waals surface area contributed by atoms with Crippen molar-refractivity contribution in [1.29, 1.82) is 0 Å². The average Bonchev–Trinajstić information content (AvgIpc) is 3.33. The maximum atomic E-state index is 13.1. The number of anilines is 2. The predicted molar refractivity (Wildman–Crippen MR) is 123 cm³/mol. The van der Waals surface area contributed by atoms with Crippen LogP contribution in [0.15, 0.2) is 66.1 Å². The maximum Gasteiger partial charge on any atom is 0.246 e. The van der Waals surface area contributed by atoms with Crippen LogP contribution >= 0.6 is 0 Å². The zero-order valence-corrected chi connectivity index (χ0v) is 18.6. The highest BCUT2D eigenvalue weighted by Gasteiger charge is 2.30. The van der Waals surface area contributed by atoms with E-state index in [1.165, 1.54) is 4.31 Å². The van der Waals surface area contributed by atoms with E-state index < -0.39 is 10.0 Å². The molecule has 1 N–H and O–H groups in total. The van der Waals surface area contributed by atoms with Gasteiger partial charge in [-0.15, -0.1) is 6.58 Å². The summed E-state index contributed by atoms with van der Waals surface area (Å²) in [7, 11) is -3.66. The summed E-state index contributed by atoms with van der Waals surface area (Å²) in [4.78, 5) is 14.6. The van der Waals surface area contributed by atoms with E-state index in [0.29, 0.717) is 37.7 Å². The minimum atomic E-state index is -3.66. The Morgan fingerprint density at radius 3 is 2.55 bits per heavy atom. The van der Waals surface area contributed by atoms with Gasteiger partial charge in [0.25, 0.3) is 0 Å². The maximum absolute atomic E-state index is 13.1. The summed E-state index contributed by atoms with van der Waals surface area (Å²) in [5.74, 6) is 0.174. The number of amides is 1. The van der Waals surface area contributed by atoms with Gasteiger partial charge >= 0.3 is 0 Å². The summed E-state index contributed by atoms with van der Waals surface area (Å²) in [6.45, 7) is 7.32. The number of para-hydroxylation sites is 1. The molecule has 0 atom stereocenters. The van der Waals surface area contributed by atoms with Crippen molar-refractivity contribution in [3.05, 3.63) is 61.2 Å². The van der Waals surface area contributed by atoms with E-state index in [1.54, 1.807) is 29.2 Å². The highest BCUT2D eigenvalue weighted by atomic mass is 32.2. The molecule has 0 aliphatic carbocycles. The Bertz CT molecular complexity index is 1000. The molecule has 1 heterocycles. The molecule has 7 nitrogen and oxygen atoms in total. The summed E-state index contributed by atoms with van der Waals surface area (Å²) >= 11 is 0. The molecule has 8 heteroatoms. The lowest BCUT2D eigenvalue weighted by molar-refractivity contribution is -0.116. The normalized spacial score (nSPS) is 14.2. The standard InChI is InChI=1S/C23H29N3O4S/c1-3-14-26(20-10-6-5-7-11-20)23(27)18-24-19-12-13-21(30-4-2)22(17-19)31(28,29)25-15-8-9-16-25/h3,5-7,10-13,17,24H,1,4,8-9,14-16,18H2,2H3. The van der Waals surface area contributed by atoms with Crippen molar-refractivity contribution in [2.24, 2.45) is 0 Å². The molecule has 0 spiro atoms.